The number of carbonyl (C=O) groups excluding carboxylic acids is 2. The van der Waals surface area contributed by atoms with E-state index in [1.54, 1.807) is 25.2 Å². The molecule has 2 amide bonds. The molecule has 1 fully saturated rings. The van der Waals surface area contributed by atoms with E-state index in [1.165, 1.54) is 0 Å². The van der Waals surface area contributed by atoms with Crippen LogP contribution in [0.5, 0.6) is 11.5 Å². The molecule has 138 valence electrons. The van der Waals surface area contributed by atoms with Gasteiger partial charge < -0.3 is 19.7 Å². The van der Waals surface area contributed by atoms with E-state index in [0.29, 0.717) is 30.9 Å². The third kappa shape index (κ3) is 3.89. The number of carbonyl (C=O) groups is 2. The standard InChI is InChI=1S/C19H28N2O4/c1-6-13(2)20-18(23)19(3)10-9-17(22)21(19)12-14-7-8-15(24-4)11-16(14)25-5/h7-8,11,13H,6,9-10,12H2,1-5H3,(H,20,23). The van der Waals surface area contributed by atoms with E-state index in [4.69, 9.17) is 9.47 Å². The molecule has 0 spiro atoms. The third-order valence-electron chi connectivity index (χ3n) is 5.02. The number of nitrogens with one attached hydrogen (secondary N) is 1. The Balaban J connectivity index is 2.26. The van der Waals surface area contributed by atoms with Gasteiger partial charge in [-0.2, -0.15) is 0 Å². The molecular formula is C19H28N2O4. The van der Waals surface area contributed by atoms with Crippen molar-refractivity contribution < 1.29 is 19.1 Å². The highest BCUT2D eigenvalue weighted by Crippen LogP contribution is 2.34. The summed E-state index contributed by atoms with van der Waals surface area (Å²) in [4.78, 5) is 26.9. The van der Waals surface area contributed by atoms with E-state index in [1.807, 2.05) is 32.9 Å². The maximum atomic E-state index is 12.8. The monoisotopic (exact) mass is 348 g/mol. The molecule has 1 aliphatic rings. The van der Waals surface area contributed by atoms with Gasteiger partial charge in [-0.1, -0.05) is 6.92 Å². The lowest BCUT2D eigenvalue weighted by molar-refractivity contribution is -0.141. The van der Waals surface area contributed by atoms with Crippen LogP contribution < -0.4 is 14.8 Å². The summed E-state index contributed by atoms with van der Waals surface area (Å²) in [6.45, 7) is 6.16. The van der Waals surface area contributed by atoms with Gasteiger partial charge in [0.15, 0.2) is 0 Å². The van der Waals surface area contributed by atoms with E-state index in [2.05, 4.69) is 5.32 Å². The number of rotatable bonds is 7. The molecule has 2 rings (SSSR count). The van der Waals surface area contributed by atoms with Gasteiger partial charge in [0.1, 0.15) is 17.0 Å². The van der Waals surface area contributed by atoms with E-state index in [-0.39, 0.29) is 17.9 Å². The highest BCUT2D eigenvalue weighted by molar-refractivity contribution is 5.94. The summed E-state index contributed by atoms with van der Waals surface area (Å²) in [5.74, 6) is 1.22. The highest BCUT2D eigenvalue weighted by atomic mass is 16.5. The van der Waals surface area contributed by atoms with E-state index < -0.39 is 5.54 Å². The lowest BCUT2D eigenvalue weighted by Crippen LogP contribution is -2.55. The largest absolute Gasteiger partial charge is 0.497 e. The molecule has 0 bridgehead atoms. The highest BCUT2D eigenvalue weighted by Gasteiger charge is 2.47. The van der Waals surface area contributed by atoms with Gasteiger partial charge in [0.05, 0.1) is 20.8 Å². The van der Waals surface area contributed by atoms with E-state index >= 15 is 0 Å². The molecule has 1 aromatic rings. The predicted molar refractivity (Wildman–Crippen MR) is 95.6 cm³/mol. The number of methoxy groups -OCH3 is 2. The van der Waals surface area contributed by atoms with Crippen molar-refractivity contribution in [1.82, 2.24) is 10.2 Å². The van der Waals surface area contributed by atoms with Crippen LogP contribution in [0.15, 0.2) is 18.2 Å². The average Bonchev–Trinajstić information content (AvgIpc) is 2.91. The molecule has 6 nitrogen and oxygen atoms in total. The van der Waals surface area contributed by atoms with Crippen LogP contribution >= 0.6 is 0 Å². The van der Waals surface area contributed by atoms with Gasteiger partial charge in [0.25, 0.3) is 0 Å². The van der Waals surface area contributed by atoms with Crippen molar-refractivity contribution in [2.45, 2.75) is 58.2 Å². The second-order valence-electron chi connectivity index (χ2n) is 6.71. The number of nitrogens with zero attached hydrogens (tertiary/aromatic N) is 1. The Labute approximate surface area is 149 Å². The van der Waals surface area contributed by atoms with Gasteiger partial charge in [-0.05, 0) is 38.8 Å². The van der Waals surface area contributed by atoms with Crippen LogP contribution in [0.4, 0.5) is 0 Å². The molecule has 1 N–H and O–H groups in total. The van der Waals surface area contributed by atoms with Gasteiger partial charge in [-0.3, -0.25) is 9.59 Å². The Morgan fingerprint density at radius 1 is 1.36 bits per heavy atom. The lowest BCUT2D eigenvalue weighted by Gasteiger charge is -2.35. The van der Waals surface area contributed by atoms with Crippen LogP contribution in [0.1, 0.15) is 45.6 Å². The summed E-state index contributed by atoms with van der Waals surface area (Å²) in [6.07, 6.45) is 1.75. The number of hydrogen-bond acceptors (Lipinski definition) is 4. The number of hydrogen-bond donors (Lipinski definition) is 1. The molecule has 0 radical (unpaired) electrons. The first kappa shape index (κ1) is 19.1. The molecular weight excluding hydrogens is 320 g/mol. The summed E-state index contributed by atoms with van der Waals surface area (Å²) in [7, 11) is 3.17. The maximum absolute atomic E-state index is 12.8. The Hall–Kier alpha value is -2.24. The van der Waals surface area contributed by atoms with Gasteiger partial charge in [0.2, 0.25) is 11.8 Å². The first-order valence-electron chi connectivity index (χ1n) is 8.68. The molecule has 2 unspecified atom stereocenters. The van der Waals surface area contributed by atoms with E-state index in [0.717, 1.165) is 12.0 Å². The van der Waals surface area contributed by atoms with Crippen molar-refractivity contribution in [3.8, 4) is 11.5 Å². The number of amides is 2. The Bertz CT molecular complexity index is 646. The third-order valence-corrected chi connectivity index (χ3v) is 5.02. The van der Waals surface area contributed by atoms with Crippen molar-refractivity contribution in [1.29, 1.82) is 0 Å². The summed E-state index contributed by atoms with van der Waals surface area (Å²) >= 11 is 0. The number of ether oxygens (including phenoxy) is 2. The molecule has 6 heteroatoms. The fraction of sp³-hybridized carbons (Fsp3) is 0.579. The minimum Gasteiger partial charge on any atom is -0.497 e. The fourth-order valence-electron chi connectivity index (χ4n) is 3.03. The number of likely N-dealkylation sites (tertiary alicyclic amines) is 1. The topological polar surface area (TPSA) is 67.9 Å². The molecule has 1 heterocycles. The van der Waals surface area contributed by atoms with Gasteiger partial charge in [0, 0.05) is 24.1 Å². The van der Waals surface area contributed by atoms with Crippen LogP contribution in [0.2, 0.25) is 0 Å². The minimum absolute atomic E-state index is 0.0142. The smallest absolute Gasteiger partial charge is 0.245 e. The Kier molecular flexibility index (Phi) is 5.93. The molecule has 1 saturated heterocycles. The summed E-state index contributed by atoms with van der Waals surface area (Å²) in [5.41, 5.74) is 0.00644. The quantitative estimate of drug-likeness (QED) is 0.822. The van der Waals surface area contributed by atoms with Gasteiger partial charge >= 0.3 is 0 Å². The van der Waals surface area contributed by atoms with Crippen LogP contribution in [0, 0.1) is 0 Å². The van der Waals surface area contributed by atoms with Crippen molar-refractivity contribution in [3.63, 3.8) is 0 Å². The van der Waals surface area contributed by atoms with Crippen LogP contribution in [-0.4, -0.2) is 42.5 Å². The number of benzene rings is 1. The van der Waals surface area contributed by atoms with Crippen LogP contribution in [0.3, 0.4) is 0 Å². The molecule has 0 aromatic heterocycles. The van der Waals surface area contributed by atoms with Crippen molar-refractivity contribution >= 4 is 11.8 Å². The minimum atomic E-state index is -0.842. The van der Waals surface area contributed by atoms with Crippen molar-refractivity contribution in [2.24, 2.45) is 0 Å². The normalized spacial score (nSPS) is 21.2. The average molecular weight is 348 g/mol. The molecule has 1 aromatic carbocycles. The van der Waals surface area contributed by atoms with Crippen molar-refractivity contribution in [2.75, 3.05) is 14.2 Å². The lowest BCUT2D eigenvalue weighted by atomic mass is 9.96. The van der Waals surface area contributed by atoms with Gasteiger partial charge in [-0.15, -0.1) is 0 Å². The molecule has 25 heavy (non-hydrogen) atoms. The zero-order valence-electron chi connectivity index (χ0n) is 15.7. The Morgan fingerprint density at radius 3 is 2.68 bits per heavy atom. The zero-order chi connectivity index (χ0) is 18.6. The Morgan fingerprint density at radius 2 is 2.08 bits per heavy atom. The van der Waals surface area contributed by atoms with Crippen molar-refractivity contribution in [3.05, 3.63) is 23.8 Å². The van der Waals surface area contributed by atoms with Crippen LogP contribution in [-0.2, 0) is 16.1 Å². The van der Waals surface area contributed by atoms with Gasteiger partial charge in [-0.25, -0.2) is 0 Å². The molecule has 0 saturated carbocycles. The SMILES string of the molecule is CCC(C)NC(=O)C1(C)CCC(=O)N1Cc1ccc(OC)cc1OC. The zero-order valence-corrected chi connectivity index (χ0v) is 15.7. The fourth-order valence-corrected chi connectivity index (χ4v) is 3.03. The maximum Gasteiger partial charge on any atom is 0.245 e. The molecule has 0 aliphatic carbocycles. The predicted octanol–water partition coefficient (Wildman–Crippen LogP) is 2.50. The summed E-state index contributed by atoms with van der Waals surface area (Å²) in [6, 6.07) is 5.56. The van der Waals surface area contributed by atoms with Crippen LogP contribution in [0.25, 0.3) is 0 Å². The second-order valence-corrected chi connectivity index (χ2v) is 6.71. The summed E-state index contributed by atoms with van der Waals surface area (Å²) in [5, 5.41) is 3.01. The second kappa shape index (κ2) is 7.76. The first-order valence-corrected chi connectivity index (χ1v) is 8.68. The summed E-state index contributed by atoms with van der Waals surface area (Å²) < 4.78 is 10.6. The molecule has 1 aliphatic heterocycles. The molecule has 2 atom stereocenters. The first-order chi connectivity index (χ1) is 11.8. The van der Waals surface area contributed by atoms with E-state index in [9.17, 15) is 9.59 Å².